The maximum Gasteiger partial charge on any atom is 0.245 e. The minimum absolute atomic E-state index is 0.0408. The number of hydrogen-bond acceptors (Lipinski definition) is 6. The van der Waals surface area contributed by atoms with E-state index in [0.717, 1.165) is 25.7 Å². The van der Waals surface area contributed by atoms with Crippen molar-refractivity contribution >= 4 is 17.8 Å². The van der Waals surface area contributed by atoms with Crippen LogP contribution in [0.15, 0.2) is 41.4 Å². The Balaban J connectivity index is 1.66. The highest BCUT2D eigenvalue weighted by Crippen LogP contribution is 2.29. The quantitative estimate of drug-likeness (QED) is 0.303. The van der Waals surface area contributed by atoms with E-state index in [1.807, 2.05) is 0 Å². The van der Waals surface area contributed by atoms with Gasteiger partial charge in [0.15, 0.2) is 29.0 Å². The molecule has 9 nitrogen and oxygen atoms in total. The van der Waals surface area contributed by atoms with Crippen molar-refractivity contribution in [2.24, 2.45) is 16.6 Å². The number of hydrogen-bond donors (Lipinski definition) is 3. The Morgan fingerprint density at radius 1 is 0.974 bits per heavy atom. The Kier molecular flexibility index (Phi) is 10.7. The van der Waals surface area contributed by atoms with Crippen LogP contribution in [0.3, 0.4) is 0 Å². The third-order valence-corrected chi connectivity index (χ3v) is 6.64. The van der Waals surface area contributed by atoms with Crippen molar-refractivity contribution in [3.05, 3.63) is 53.3 Å². The Morgan fingerprint density at radius 3 is 2.29 bits per heavy atom. The van der Waals surface area contributed by atoms with E-state index in [1.54, 1.807) is 24.3 Å². The molecule has 1 fully saturated rings. The van der Waals surface area contributed by atoms with Crippen molar-refractivity contribution in [2.45, 2.75) is 57.5 Å². The van der Waals surface area contributed by atoms with Crippen LogP contribution in [0.4, 0.5) is 4.39 Å². The molecule has 0 unspecified atom stereocenters. The largest absolute Gasteiger partial charge is 0.494 e. The molecule has 0 spiro atoms. The molecule has 0 aliphatic heterocycles. The molecule has 0 radical (unpaired) electrons. The zero-order valence-corrected chi connectivity index (χ0v) is 22.2. The topological polar surface area (TPSA) is 124 Å². The predicted molar refractivity (Wildman–Crippen MR) is 143 cm³/mol. The molecular weight excluding hydrogens is 491 g/mol. The number of aliphatic imine (C=N–C) groups is 1. The van der Waals surface area contributed by atoms with E-state index in [4.69, 9.17) is 19.9 Å². The number of nitrogens with one attached hydrogen (secondary N) is 2. The minimum atomic E-state index is -0.775. The van der Waals surface area contributed by atoms with Gasteiger partial charge in [-0.3, -0.25) is 14.9 Å². The lowest BCUT2D eigenvalue weighted by molar-refractivity contribution is -0.123. The normalized spacial score (nSPS) is 14.9. The van der Waals surface area contributed by atoms with Crippen LogP contribution in [0.2, 0.25) is 0 Å². The molecule has 3 rings (SSSR count). The number of methoxy groups -OCH3 is 3. The van der Waals surface area contributed by atoms with Crippen LogP contribution in [0.5, 0.6) is 17.2 Å². The van der Waals surface area contributed by atoms with Gasteiger partial charge in [0, 0.05) is 6.54 Å². The van der Waals surface area contributed by atoms with Gasteiger partial charge in [0.25, 0.3) is 0 Å². The van der Waals surface area contributed by atoms with Crippen molar-refractivity contribution in [2.75, 3.05) is 21.3 Å². The fraction of sp³-hybridized carbons (Fsp3) is 0.464. The van der Waals surface area contributed by atoms with Crippen LogP contribution in [-0.2, 0) is 22.6 Å². The van der Waals surface area contributed by atoms with Gasteiger partial charge in [-0.25, -0.2) is 9.38 Å². The van der Waals surface area contributed by atoms with E-state index in [9.17, 15) is 14.0 Å². The Bertz CT molecular complexity index is 1130. The van der Waals surface area contributed by atoms with Gasteiger partial charge in [-0.05, 0) is 47.7 Å². The summed E-state index contributed by atoms with van der Waals surface area (Å²) in [6.07, 6.45) is 6.03. The average molecular weight is 529 g/mol. The monoisotopic (exact) mass is 528 g/mol. The molecule has 0 saturated heterocycles. The van der Waals surface area contributed by atoms with Gasteiger partial charge < -0.3 is 25.3 Å². The first-order chi connectivity index (χ1) is 18.3. The molecule has 0 aromatic heterocycles. The molecular formula is C28H37FN4O5. The first-order valence-corrected chi connectivity index (χ1v) is 12.8. The fourth-order valence-corrected chi connectivity index (χ4v) is 4.65. The number of rotatable bonds is 11. The van der Waals surface area contributed by atoms with Crippen LogP contribution in [-0.4, -0.2) is 45.1 Å². The van der Waals surface area contributed by atoms with E-state index < -0.39 is 11.9 Å². The van der Waals surface area contributed by atoms with E-state index in [-0.39, 0.29) is 36.5 Å². The SMILES string of the molecule is COc1ccc(CNC(=O)[C@@H](CC2CCCCC2)N=C(N)NC(=O)Cc2ccc(OC)c(OC)c2)cc1F. The molecule has 1 atom stereocenters. The summed E-state index contributed by atoms with van der Waals surface area (Å²) >= 11 is 0. The lowest BCUT2D eigenvalue weighted by Crippen LogP contribution is -2.42. The number of guanidine groups is 1. The Hall–Kier alpha value is -3.82. The van der Waals surface area contributed by atoms with E-state index in [1.165, 1.54) is 39.9 Å². The number of halogens is 1. The van der Waals surface area contributed by atoms with Gasteiger partial charge in [0.1, 0.15) is 6.04 Å². The second-order valence-corrected chi connectivity index (χ2v) is 9.37. The third kappa shape index (κ3) is 8.36. The van der Waals surface area contributed by atoms with Crippen molar-refractivity contribution in [3.8, 4) is 17.2 Å². The number of carbonyl (C=O) groups is 2. The zero-order chi connectivity index (χ0) is 27.5. The molecule has 2 amide bonds. The summed E-state index contributed by atoms with van der Waals surface area (Å²) in [6, 6.07) is 8.94. The number of nitrogens with two attached hydrogens (primary N) is 1. The fourth-order valence-electron chi connectivity index (χ4n) is 4.65. The zero-order valence-electron chi connectivity index (χ0n) is 22.2. The molecule has 1 aliphatic carbocycles. The summed E-state index contributed by atoms with van der Waals surface area (Å²) in [5.74, 6) is 0.229. The van der Waals surface area contributed by atoms with Gasteiger partial charge in [-0.1, -0.05) is 44.2 Å². The van der Waals surface area contributed by atoms with Crippen molar-refractivity contribution in [1.29, 1.82) is 0 Å². The third-order valence-electron chi connectivity index (χ3n) is 6.64. The summed E-state index contributed by atoms with van der Waals surface area (Å²) in [6.45, 7) is 0.127. The molecule has 4 N–H and O–H groups in total. The number of benzene rings is 2. The first-order valence-electron chi connectivity index (χ1n) is 12.8. The summed E-state index contributed by atoms with van der Waals surface area (Å²) in [4.78, 5) is 30.1. The first kappa shape index (κ1) is 28.7. The number of ether oxygens (including phenoxy) is 3. The molecule has 0 heterocycles. The molecule has 206 valence electrons. The molecule has 10 heteroatoms. The number of nitrogens with zero attached hydrogens (tertiary/aromatic N) is 1. The van der Waals surface area contributed by atoms with Gasteiger partial charge in [0.05, 0.1) is 27.8 Å². The highest BCUT2D eigenvalue weighted by Gasteiger charge is 2.25. The molecule has 0 bridgehead atoms. The maximum atomic E-state index is 14.0. The van der Waals surface area contributed by atoms with Gasteiger partial charge >= 0.3 is 0 Å². The summed E-state index contributed by atoms with van der Waals surface area (Å²) < 4.78 is 29.5. The van der Waals surface area contributed by atoms with E-state index in [2.05, 4.69) is 15.6 Å². The highest BCUT2D eigenvalue weighted by atomic mass is 19.1. The average Bonchev–Trinajstić information content (AvgIpc) is 2.91. The molecule has 1 aliphatic rings. The molecule has 38 heavy (non-hydrogen) atoms. The van der Waals surface area contributed by atoms with Gasteiger partial charge in [0.2, 0.25) is 11.8 Å². The second-order valence-electron chi connectivity index (χ2n) is 9.37. The summed E-state index contributed by atoms with van der Waals surface area (Å²) in [7, 11) is 4.45. The van der Waals surface area contributed by atoms with Gasteiger partial charge in [-0.2, -0.15) is 0 Å². The summed E-state index contributed by atoms with van der Waals surface area (Å²) in [5.41, 5.74) is 7.36. The Morgan fingerprint density at radius 2 is 1.63 bits per heavy atom. The van der Waals surface area contributed by atoms with Crippen molar-refractivity contribution in [3.63, 3.8) is 0 Å². The standard InChI is InChI=1S/C28H37FN4O5/c1-36-23-11-10-20(13-21(23)29)17-31-27(35)22(14-18-7-5-4-6-8-18)32-28(30)33-26(34)16-19-9-12-24(37-2)25(15-19)38-3/h9-13,15,18,22H,4-8,14,16-17H2,1-3H3,(H,31,35)(H3,30,32,33,34)/t22-/m1/s1. The lowest BCUT2D eigenvalue weighted by atomic mass is 9.84. The van der Waals surface area contributed by atoms with E-state index >= 15 is 0 Å². The van der Waals surface area contributed by atoms with Crippen molar-refractivity contribution < 1.29 is 28.2 Å². The van der Waals surface area contributed by atoms with Crippen LogP contribution in [0.1, 0.15) is 49.7 Å². The van der Waals surface area contributed by atoms with Crippen LogP contribution in [0, 0.1) is 11.7 Å². The highest BCUT2D eigenvalue weighted by molar-refractivity contribution is 5.98. The maximum absolute atomic E-state index is 14.0. The molecule has 2 aromatic carbocycles. The molecule has 2 aromatic rings. The predicted octanol–water partition coefficient (Wildman–Crippen LogP) is 3.48. The van der Waals surface area contributed by atoms with E-state index in [0.29, 0.717) is 35.0 Å². The summed E-state index contributed by atoms with van der Waals surface area (Å²) in [5, 5.41) is 5.41. The van der Waals surface area contributed by atoms with Crippen LogP contribution in [0.25, 0.3) is 0 Å². The Labute approximate surface area is 222 Å². The van der Waals surface area contributed by atoms with Crippen LogP contribution < -0.4 is 30.6 Å². The number of amides is 2. The number of carbonyl (C=O) groups excluding carboxylic acids is 2. The smallest absolute Gasteiger partial charge is 0.245 e. The van der Waals surface area contributed by atoms with Crippen LogP contribution >= 0.6 is 0 Å². The second kappa shape index (κ2) is 14.2. The lowest BCUT2D eigenvalue weighted by Gasteiger charge is -2.24. The molecule has 1 saturated carbocycles. The van der Waals surface area contributed by atoms with Gasteiger partial charge in [-0.15, -0.1) is 0 Å². The minimum Gasteiger partial charge on any atom is -0.494 e. The van der Waals surface area contributed by atoms with Crippen molar-refractivity contribution in [1.82, 2.24) is 10.6 Å².